The predicted octanol–water partition coefficient (Wildman–Crippen LogP) is 1.27. The van der Waals surface area contributed by atoms with Crippen molar-refractivity contribution in [2.24, 2.45) is 23.7 Å². The van der Waals surface area contributed by atoms with E-state index < -0.39 is 0 Å². The molecule has 1 saturated heterocycles. The van der Waals surface area contributed by atoms with Crippen LogP contribution in [0.25, 0.3) is 0 Å². The summed E-state index contributed by atoms with van der Waals surface area (Å²) in [5, 5.41) is 3.54. The number of hydrogen-bond donors (Lipinski definition) is 1. The molecular weight excluding hydrogens is 162 g/mol. The third-order valence-electron chi connectivity index (χ3n) is 4.42. The number of fused-ring (bicyclic) bond motifs is 1. The maximum Gasteiger partial charge on any atom is 0.0501 e. The lowest BCUT2D eigenvalue weighted by molar-refractivity contribution is 0.123. The van der Waals surface area contributed by atoms with Crippen LogP contribution in [0.1, 0.15) is 19.3 Å². The van der Waals surface area contributed by atoms with E-state index in [1.54, 1.807) is 0 Å². The Morgan fingerprint density at radius 3 is 2.38 bits per heavy atom. The number of nitrogens with one attached hydrogen (secondary N) is 1. The molecule has 0 radical (unpaired) electrons. The SMILES string of the molecule is CNC(C1CCC1)C1C2COCC21. The van der Waals surface area contributed by atoms with Crippen LogP contribution < -0.4 is 5.32 Å². The highest BCUT2D eigenvalue weighted by atomic mass is 16.5. The van der Waals surface area contributed by atoms with E-state index in [4.69, 9.17) is 4.74 Å². The van der Waals surface area contributed by atoms with Gasteiger partial charge in [0.05, 0.1) is 13.2 Å². The smallest absolute Gasteiger partial charge is 0.0501 e. The first-order valence-corrected chi connectivity index (χ1v) is 5.67. The van der Waals surface area contributed by atoms with Crippen LogP contribution in [0.2, 0.25) is 0 Å². The van der Waals surface area contributed by atoms with Crippen LogP contribution in [0.3, 0.4) is 0 Å². The minimum Gasteiger partial charge on any atom is -0.381 e. The average molecular weight is 181 g/mol. The lowest BCUT2D eigenvalue weighted by atomic mass is 9.77. The van der Waals surface area contributed by atoms with Gasteiger partial charge in [0.1, 0.15) is 0 Å². The van der Waals surface area contributed by atoms with E-state index in [0.717, 1.165) is 42.9 Å². The van der Waals surface area contributed by atoms with Gasteiger partial charge in [-0.25, -0.2) is 0 Å². The van der Waals surface area contributed by atoms with Gasteiger partial charge in [0.15, 0.2) is 0 Å². The van der Waals surface area contributed by atoms with Crippen LogP contribution in [0.4, 0.5) is 0 Å². The standard InChI is InChI=1S/C11H19NO/c1-12-11(7-3-2-4-7)10-8-5-13-6-9(8)10/h7-12H,2-6H2,1H3. The second-order valence-corrected chi connectivity index (χ2v) is 4.95. The molecule has 1 heterocycles. The Bertz CT molecular complexity index is 192. The molecule has 0 aromatic rings. The largest absolute Gasteiger partial charge is 0.381 e. The van der Waals surface area contributed by atoms with Gasteiger partial charge in [-0.1, -0.05) is 6.42 Å². The maximum absolute atomic E-state index is 5.44. The molecule has 1 N–H and O–H groups in total. The lowest BCUT2D eigenvalue weighted by Crippen LogP contribution is -2.40. The molecule has 2 aliphatic carbocycles. The summed E-state index contributed by atoms with van der Waals surface area (Å²) in [6, 6.07) is 0.813. The molecule has 2 saturated carbocycles. The van der Waals surface area contributed by atoms with E-state index in [2.05, 4.69) is 12.4 Å². The third-order valence-corrected chi connectivity index (χ3v) is 4.42. The summed E-state index contributed by atoms with van der Waals surface area (Å²) in [4.78, 5) is 0. The Kier molecular flexibility index (Phi) is 1.88. The van der Waals surface area contributed by atoms with Crippen LogP contribution >= 0.6 is 0 Å². The molecule has 3 rings (SSSR count). The first kappa shape index (κ1) is 8.25. The molecule has 3 aliphatic rings. The van der Waals surface area contributed by atoms with Gasteiger partial charge >= 0.3 is 0 Å². The van der Waals surface area contributed by atoms with Crippen LogP contribution in [-0.2, 0) is 4.74 Å². The molecule has 0 amide bonds. The fourth-order valence-corrected chi connectivity index (χ4v) is 3.36. The van der Waals surface area contributed by atoms with Crippen molar-refractivity contribution in [2.75, 3.05) is 20.3 Å². The van der Waals surface area contributed by atoms with Gasteiger partial charge in [-0.15, -0.1) is 0 Å². The van der Waals surface area contributed by atoms with Crippen molar-refractivity contribution < 1.29 is 4.74 Å². The monoisotopic (exact) mass is 181 g/mol. The summed E-state index contributed by atoms with van der Waals surface area (Å²) in [7, 11) is 2.14. The molecule has 0 aromatic carbocycles. The van der Waals surface area contributed by atoms with Gasteiger partial charge in [-0.3, -0.25) is 0 Å². The lowest BCUT2D eigenvalue weighted by Gasteiger charge is -2.34. The molecule has 0 spiro atoms. The first-order valence-electron chi connectivity index (χ1n) is 5.67. The number of ether oxygens (including phenoxy) is 1. The Morgan fingerprint density at radius 2 is 1.92 bits per heavy atom. The van der Waals surface area contributed by atoms with Gasteiger partial charge in [-0.2, -0.15) is 0 Å². The average Bonchev–Trinajstić information content (AvgIpc) is 2.56. The summed E-state index contributed by atoms with van der Waals surface area (Å²) >= 11 is 0. The van der Waals surface area contributed by atoms with E-state index in [0.29, 0.717) is 0 Å². The molecule has 0 aromatic heterocycles. The third kappa shape index (κ3) is 1.15. The number of rotatable bonds is 3. The minimum absolute atomic E-state index is 0.813. The molecule has 2 heteroatoms. The van der Waals surface area contributed by atoms with Crippen molar-refractivity contribution in [3.8, 4) is 0 Å². The van der Waals surface area contributed by atoms with Gasteiger partial charge in [0.25, 0.3) is 0 Å². The van der Waals surface area contributed by atoms with Gasteiger partial charge in [-0.05, 0) is 43.6 Å². The molecule has 1 aliphatic heterocycles. The van der Waals surface area contributed by atoms with E-state index >= 15 is 0 Å². The Morgan fingerprint density at radius 1 is 1.23 bits per heavy atom. The topological polar surface area (TPSA) is 21.3 Å². The van der Waals surface area contributed by atoms with Crippen LogP contribution in [0.5, 0.6) is 0 Å². The highest BCUT2D eigenvalue weighted by Crippen LogP contribution is 2.55. The molecule has 13 heavy (non-hydrogen) atoms. The molecule has 3 atom stereocenters. The quantitative estimate of drug-likeness (QED) is 0.708. The molecule has 3 fully saturated rings. The fourth-order valence-electron chi connectivity index (χ4n) is 3.36. The fraction of sp³-hybridized carbons (Fsp3) is 1.00. The second-order valence-electron chi connectivity index (χ2n) is 4.95. The molecule has 2 nitrogen and oxygen atoms in total. The Balaban J connectivity index is 1.63. The highest BCUT2D eigenvalue weighted by Gasteiger charge is 2.58. The Labute approximate surface area is 80.0 Å². The van der Waals surface area contributed by atoms with E-state index in [9.17, 15) is 0 Å². The van der Waals surface area contributed by atoms with E-state index in [1.165, 1.54) is 19.3 Å². The molecule has 0 bridgehead atoms. The summed E-state index contributed by atoms with van der Waals surface area (Å²) < 4.78 is 5.44. The van der Waals surface area contributed by atoms with Crippen LogP contribution in [0, 0.1) is 23.7 Å². The van der Waals surface area contributed by atoms with Crippen molar-refractivity contribution >= 4 is 0 Å². The van der Waals surface area contributed by atoms with E-state index in [-0.39, 0.29) is 0 Å². The summed E-state index contributed by atoms with van der Waals surface area (Å²) in [5.41, 5.74) is 0. The maximum atomic E-state index is 5.44. The molecule has 3 unspecified atom stereocenters. The van der Waals surface area contributed by atoms with Crippen molar-refractivity contribution in [3.63, 3.8) is 0 Å². The highest BCUT2D eigenvalue weighted by molar-refractivity contribution is 5.07. The predicted molar refractivity (Wildman–Crippen MR) is 51.5 cm³/mol. The zero-order chi connectivity index (χ0) is 8.84. The number of hydrogen-bond acceptors (Lipinski definition) is 2. The Hall–Kier alpha value is -0.0800. The first-order chi connectivity index (χ1) is 6.42. The summed E-state index contributed by atoms with van der Waals surface area (Å²) in [6.07, 6.45) is 4.38. The second kappa shape index (κ2) is 2.96. The molecular formula is C11H19NO. The summed E-state index contributed by atoms with van der Waals surface area (Å²) in [6.45, 7) is 2.08. The van der Waals surface area contributed by atoms with Gasteiger partial charge in [0.2, 0.25) is 0 Å². The van der Waals surface area contributed by atoms with Crippen molar-refractivity contribution in [3.05, 3.63) is 0 Å². The normalized spacial score (nSPS) is 45.5. The van der Waals surface area contributed by atoms with Crippen molar-refractivity contribution in [1.29, 1.82) is 0 Å². The van der Waals surface area contributed by atoms with Crippen molar-refractivity contribution in [1.82, 2.24) is 5.32 Å². The van der Waals surface area contributed by atoms with Gasteiger partial charge in [0, 0.05) is 6.04 Å². The summed E-state index contributed by atoms with van der Waals surface area (Å²) in [5.74, 6) is 3.78. The van der Waals surface area contributed by atoms with Crippen LogP contribution in [-0.4, -0.2) is 26.3 Å². The molecule has 74 valence electrons. The zero-order valence-corrected chi connectivity index (χ0v) is 8.33. The van der Waals surface area contributed by atoms with Crippen LogP contribution in [0.15, 0.2) is 0 Å². The van der Waals surface area contributed by atoms with Gasteiger partial charge < -0.3 is 10.1 Å². The van der Waals surface area contributed by atoms with Crippen molar-refractivity contribution in [2.45, 2.75) is 25.3 Å². The minimum atomic E-state index is 0.813. The zero-order valence-electron chi connectivity index (χ0n) is 8.33. The van der Waals surface area contributed by atoms with E-state index in [1.807, 2.05) is 0 Å².